The largest absolute Gasteiger partial charge is 0.480 e. The molecule has 2 rings (SSSR count). The molecule has 1 aliphatic rings. The predicted molar refractivity (Wildman–Crippen MR) is 61.6 cm³/mol. The molecular weight excluding hydrogens is 292 g/mol. The summed E-state index contributed by atoms with van der Waals surface area (Å²) in [7, 11) is 1.48. The van der Waals surface area contributed by atoms with Crippen molar-refractivity contribution >= 4 is 33.7 Å². The van der Waals surface area contributed by atoms with Gasteiger partial charge >= 0.3 is 0 Å². The van der Waals surface area contributed by atoms with Crippen molar-refractivity contribution in [2.45, 2.75) is 0 Å². The number of carbonyl (C=O) groups is 2. The summed E-state index contributed by atoms with van der Waals surface area (Å²) in [5.74, 6) is -0.0971. The monoisotopic (exact) mass is 300 g/mol. The molecule has 0 radical (unpaired) electrons. The Bertz CT molecular complexity index is 463. The van der Waals surface area contributed by atoms with Gasteiger partial charge in [-0.2, -0.15) is 4.98 Å². The van der Waals surface area contributed by atoms with Gasteiger partial charge in [-0.3, -0.25) is 14.9 Å². The lowest BCUT2D eigenvalue weighted by Gasteiger charge is -2.25. The summed E-state index contributed by atoms with van der Waals surface area (Å²) in [6.07, 6.45) is 1.51. The molecule has 0 saturated carbocycles. The lowest BCUT2D eigenvalue weighted by atomic mass is 10.3. The molecule has 1 saturated heterocycles. The predicted octanol–water partition coefficient (Wildman–Crippen LogP) is -0.290. The van der Waals surface area contributed by atoms with Gasteiger partial charge in [0.25, 0.3) is 0 Å². The molecular formula is C9H9BrN4O3. The van der Waals surface area contributed by atoms with Crippen LogP contribution in [-0.2, 0) is 9.59 Å². The number of aromatic nitrogens is 2. The van der Waals surface area contributed by atoms with Crippen LogP contribution < -0.4 is 15.0 Å². The standard InChI is InChI=1S/C9H9BrN4O3/c1-17-8-5(10)2-11-9(13-8)14-3-6(15)12-7(16)4-14/h2H,3-4H2,1H3,(H,12,15,16). The highest BCUT2D eigenvalue weighted by Crippen LogP contribution is 2.23. The lowest BCUT2D eigenvalue weighted by Crippen LogP contribution is -2.52. The second-order valence-corrected chi connectivity index (χ2v) is 4.21. The number of carbonyl (C=O) groups excluding carboxylic acids is 2. The number of imide groups is 1. The zero-order chi connectivity index (χ0) is 12.4. The Morgan fingerprint density at radius 3 is 2.65 bits per heavy atom. The Morgan fingerprint density at radius 1 is 1.41 bits per heavy atom. The average Bonchev–Trinajstić information content (AvgIpc) is 2.28. The molecule has 0 unspecified atom stereocenters. The van der Waals surface area contributed by atoms with Crippen molar-refractivity contribution in [3.8, 4) is 5.88 Å². The van der Waals surface area contributed by atoms with Gasteiger partial charge in [0.2, 0.25) is 23.6 Å². The number of amides is 2. The summed E-state index contributed by atoms with van der Waals surface area (Å²) in [6, 6.07) is 0. The first-order valence-electron chi connectivity index (χ1n) is 4.74. The van der Waals surface area contributed by atoms with Crippen LogP contribution in [0.3, 0.4) is 0 Å². The molecule has 1 fully saturated rings. The van der Waals surface area contributed by atoms with Gasteiger partial charge in [0.15, 0.2) is 0 Å². The first-order chi connectivity index (χ1) is 8.10. The van der Waals surface area contributed by atoms with Gasteiger partial charge in [-0.15, -0.1) is 0 Å². The van der Waals surface area contributed by atoms with E-state index in [1.807, 2.05) is 0 Å². The zero-order valence-electron chi connectivity index (χ0n) is 8.94. The van der Waals surface area contributed by atoms with E-state index in [4.69, 9.17) is 4.74 Å². The molecule has 1 aromatic rings. The van der Waals surface area contributed by atoms with Crippen LogP contribution in [0.1, 0.15) is 0 Å². The Hall–Kier alpha value is -1.70. The summed E-state index contributed by atoms with van der Waals surface area (Å²) in [6.45, 7) is 0.104. The summed E-state index contributed by atoms with van der Waals surface area (Å²) < 4.78 is 5.63. The molecule has 1 aromatic heterocycles. The van der Waals surface area contributed by atoms with E-state index in [0.29, 0.717) is 10.4 Å². The number of nitrogens with one attached hydrogen (secondary N) is 1. The first-order valence-corrected chi connectivity index (χ1v) is 5.53. The van der Waals surface area contributed by atoms with Crippen molar-refractivity contribution in [2.24, 2.45) is 0 Å². The maximum atomic E-state index is 11.2. The molecule has 2 amide bonds. The van der Waals surface area contributed by atoms with Crippen LogP contribution in [0, 0.1) is 0 Å². The van der Waals surface area contributed by atoms with Crippen molar-refractivity contribution < 1.29 is 14.3 Å². The van der Waals surface area contributed by atoms with E-state index < -0.39 is 0 Å². The van der Waals surface area contributed by atoms with Crippen LogP contribution in [-0.4, -0.2) is 42.0 Å². The van der Waals surface area contributed by atoms with Crippen molar-refractivity contribution in [3.63, 3.8) is 0 Å². The van der Waals surface area contributed by atoms with E-state index in [0.717, 1.165) is 0 Å². The Morgan fingerprint density at radius 2 is 2.06 bits per heavy atom. The number of nitrogens with zero attached hydrogens (tertiary/aromatic N) is 3. The molecule has 0 aliphatic carbocycles. The van der Waals surface area contributed by atoms with E-state index >= 15 is 0 Å². The van der Waals surface area contributed by atoms with Gasteiger partial charge in [0.1, 0.15) is 13.1 Å². The average molecular weight is 301 g/mol. The SMILES string of the molecule is COc1nc(N2CC(=O)NC(=O)C2)ncc1Br. The molecule has 1 N–H and O–H groups in total. The van der Waals surface area contributed by atoms with Crippen LogP contribution in [0.15, 0.2) is 10.7 Å². The quantitative estimate of drug-likeness (QED) is 0.756. The minimum absolute atomic E-state index is 0.0521. The van der Waals surface area contributed by atoms with E-state index in [-0.39, 0.29) is 30.9 Å². The van der Waals surface area contributed by atoms with Gasteiger partial charge in [0.05, 0.1) is 17.8 Å². The normalized spacial score (nSPS) is 15.8. The summed E-state index contributed by atoms with van der Waals surface area (Å²) in [4.78, 5) is 32.0. The number of anilines is 1. The van der Waals surface area contributed by atoms with E-state index in [2.05, 4.69) is 31.2 Å². The molecule has 7 nitrogen and oxygen atoms in total. The molecule has 0 bridgehead atoms. The number of methoxy groups -OCH3 is 1. The lowest BCUT2D eigenvalue weighted by molar-refractivity contribution is -0.130. The van der Waals surface area contributed by atoms with Gasteiger partial charge in [-0.05, 0) is 15.9 Å². The molecule has 17 heavy (non-hydrogen) atoms. The molecule has 0 spiro atoms. The van der Waals surface area contributed by atoms with Crippen LogP contribution in [0.5, 0.6) is 5.88 Å². The van der Waals surface area contributed by atoms with Crippen molar-refractivity contribution in [3.05, 3.63) is 10.7 Å². The number of piperazine rings is 1. The fourth-order valence-corrected chi connectivity index (χ4v) is 1.77. The fourth-order valence-electron chi connectivity index (χ4n) is 1.42. The van der Waals surface area contributed by atoms with Gasteiger partial charge in [0, 0.05) is 0 Å². The highest BCUT2D eigenvalue weighted by atomic mass is 79.9. The Balaban J connectivity index is 2.27. The second kappa shape index (κ2) is 4.66. The van der Waals surface area contributed by atoms with Gasteiger partial charge in [-0.25, -0.2) is 4.98 Å². The summed E-state index contributed by atoms with van der Waals surface area (Å²) >= 11 is 3.22. The maximum Gasteiger partial charge on any atom is 0.246 e. The second-order valence-electron chi connectivity index (χ2n) is 3.35. The number of ether oxygens (including phenoxy) is 1. The minimum Gasteiger partial charge on any atom is -0.480 e. The number of rotatable bonds is 2. The Labute approximate surface area is 105 Å². The van der Waals surface area contributed by atoms with Gasteiger partial charge in [-0.1, -0.05) is 0 Å². The highest BCUT2D eigenvalue weighted by molar-refractivity contribution is 9.10. The van der Waals surface area contributed by atoms with Gasteiger partial charge < -0.3 is 9.64 Å². The molecule has 8 heteroatoms. The number of halogens is 1. The fraction of sp³-hybridized carbons (Fsp3) is 0.333. The maximum absolute atomic E-state index is 11.2. The first kappa shape index (κ1) is 11.8. The summed E-state index contributed by atoms with van der Waals surface area (Å²) in [5.41, 5.74) is 0. The van der Waals surface area contributed by atoms with E-state index in [1.165, 1.54) is 18.2 Å². The van der Waals surface area contributed by atoms with E-state index in [1.54, 1.807) is 0 Å². The minimum atomic E-state index is -0.369. The molecule has 0 atom stereocenters. The summed E-state index contributed by atoms with van der Waals surface area (Å²) in [5, 5.41) is 2.20. The Kier molecular flexibility index (Phi) is 3.23. The molecule has 1 aliphatic heterocycles. The van der Waals surface area contributed by atoms with Crippen molar-refractivity contribution in [1.82, 2.24) is 15.3 Å². The molecule has 2 heterocycles. The third-order valence-electron chi connectivity index (χ3n) is 2.12. The number of hydrogen-bond donors (Lipinski definition) is 1. The molecule has 90 valence electrons. The highest BCUT2D eigenvalue weighted by Gasteiger charge is 2.24. The van der Waals surface area contributed by atoms with Crippen LogP contribution >= 0.6 is 15.9 Å². The van der Waals surface area contributed by atoms with Crippen LogP contribution in [0.4, 0.5) is 5.95 Å². The van der Waals surface area contributed by atoms with Crippen LogP contribution in [0.2, 0.25) is 0 Å². The van der Waals surface area contributed by atoms with Crippen molar-refractivity contribution in [2.75, 3.05) is 25.1 Å². The topological polar surface area (TPSA) is 84.4 Å². The van der Waals surface area contributed by atoms with E-state index in [9.17, 15) is 9.59 Å². The molecule has 0 aromatic carbocycles. The third-order valence-corrected chi connectivity index (χ3v) is 2.67. The smallest absolute Gasteiger partial charge is 0.246 e. The van der Waals surface area contributed by atoms with Crippen LogP contribution in [0.25, 0.3) is 0 Å². The third kappa shape index (κ3) is 2.52. The zero-order valence-corrected chi connectivity index (χ0v) is 10.5. The van der Waals surface area contributed by atoms with Crippen molar-refractivity contribution in [1.29, 1.82) is 0 Å². The number of hydrogen-bond acceptors (Lipinski definition) is 6.